The number of rotatable bonds is 9. The van der Waals surface area contributed by atoms with Gasteiger partial charge in [-0.05, 0) is 58.4 Å². The van der Waals surface area contributed by atoms with Crippen LogP contribution in [-0.4, -0.2) is 53.1 Å². The Morgan fingerprint density at radius 2 is 1.90 bits per heavy atom. The molecule has 0 aliphatic carbocycles. The van der Waals surface area contributed by atoms with E-state index < -0.39 is 5.60 Å². The van der Waals surface area contributed by atoms with Crippen molar-refractivity contribution in [1.29, 1.82) is 0 Å². The van der Waals surface area contributed by atoms with E-state index in [0.717, 1.165) is 19.3 Å². The number of carbonyl (C=O) groups excluding carboxylic acids is 2. The Kier molecular flexibility index (Phi) is 9.07. The molecule has 1 fully saturated rings. The van der Waals surface area contributed by atoms with Crippen LogP contribution < -0.4 is 11.1 Å². The van der Waals surface area contributed by atoms with E-state index in [0.29, 0.717) is 13.0 Å². The summed E-state index contributed by atoms with van der Waals surface area (Å²) in [5, 5.41) is 3.10. The van der Waals surface area contributed by atoms with E-state index in [4.69, 9.17) is 10.5 Å². The number of esters is 1. The minimum atomic E-state index is -0.545. The fourth-order valence-electron chi connectivity index (χ4n) is 4.77. The van der Waals surface area contributed by atoms with Crippen LogP contribution in [0.2, 0.25) is 0 Å². The summed E-state index contributed by atoms with van der Waals surface area (Å²) < 4.78 is 5.76. The first-order chi connectivity index (χ1) is 14.5. The lowest BCUT2D eigenvalue weighted by molar-refractivity contribution is -0.161. The summed E-state index contributed by atoms with van der Waals surface area (Å²) in [4.78, 5) is 27.2. The molecule has 0 radical (unpaired) electrons. The SMILES string of the molecule is CCCC(C(C)NC(C)=O)C(Cc1ccccc1)N1CC(N)CC1C(=O)OC(C)(C)C. The van der Waals surface area contributed by atoms with Crippen molar-refractivity contribution < 1.29 is 14.3 Å². The molecule has 1 aliphatic rings. The van der Waals surface area contributed by atoms with Crippen molar-refractivity contribution in [3.05, 3.63) is 35.9 Å². The molecule has 3 N–H and O–H groups in total. The van der Waals surface area contributed by atoms with Gasteiger partial charge in [-0.1, -0.05) is 43.7 Å². The van der Waals surface area contributed by atoms with Crippen LogP contribution in [-0.2, 0) is 20.7 Å². The predicted octanol–water partition coefficient (Wildman–Crippen LogP) is 3.28. The van der Waals surface area contributed by atoms with Crippen molar-refractivity contribution >= 4 is 11.9 Å². The predicted molar refractivity (Wildman–Crippen MR) is 125 cm³/mol. The molecule has 0 saturated carbocycles. The van der Waals surface area contributed by atoms with Gasteiger partial charge in [-0.3, -0.25) is 14.5 Å². The summed E-state index contributed by atoms with van der Waals surface area (Å²) in [5.74, 6) is -0.0563. The highest BCUT2D eigenvalue weighted by Crippen LogP contribution is 2.31. The zero-order valence-corrected chi connectivity index (χ0v) is 20.1. The van der Waals surface area contributed by atoms with Gasteiger partial charge in [-0.25, -0.2) is 0 Å². The zero-order valence-electron chi connectivity index (χ0n) is 20.1. The van der Waals surface area contributed by atoms with Crippen LogP contribution in [0, 0.1) is 5.92 Å². The number of carbonyl (C=O) groups is 2. The van der Waals surface area contributed by atoms with E-state index in [1.54, 1.807) is 6.92 Å². The molecule has 1 saturated heterocycles. The van der Waals surface area contributed by atoms with E-state index >= 15 is 0 Å². The third kappa shape index (κ3) is 7.62. The van der Waals surface area contributed by atoms with Gasteiger partial charge < -0.3 is 15.8 Å². The van der Waals surface area contributed by atoms with Crippen molar-refractivity contribution in [2.75, 3.05) is 6.54 Å². The second kappa shape index (κ2) is 11.1. The highest BCUT2D eigenvalue weighted by Gasteiger charge is 2.44. The summed E-state index contributed by atoms with van der Waals surface area (Å²) in [5.41, 5.74) is 7.03. The average Bonchev–Trinajstić information content (AvgIpc) is 3.05. The Hall–Kier alpha value is -1.92. The third-order valence-electron chi connectivity index (χ3n) is 5.95. The number of benzene rings is 1. The van der Waals surface area contributed by atoms with Crippen LogP contribution in [0.15, 0.2) is 30.3 Å². The Morgan fingerprint density at radius 3 is 2.45 bits per heavy atom. The number of amides is 1. The zero-order chi connectivity index (χ0) is 23.2. The molecule has 0 bridgehead atoms. The number of nitrogens with one attached hydrogen (secondary N) is 1. The monoisotopic (exact) mass is 431 g/mol. The molecule has 1 aromatic rings. The van der Waals surface area contributed by atoms with Gasteiger partial charge in [-0.15, -0.1) is 0 Å². The summed E-state index contributed by atoms with van der Waals surface area (Å²) in [6, 6.07) is 9.95. The fraction of sp³-hybridized carbons (Fsp3) is 0.680. The number of hydrogen-bond acceptors (Lipinski definition) is 5. The van der Waals surface area contributed by atoms with Crippen LogP contribution in [0.3, 0.4) is 0 Å². The number of ether oxygens (including phenoxy) is 1. The number of nitrogens with zero attached hydrogens (tertiary/aromatic N) is 1. The minimum Gasteiger partial charge on any atom is -0.459 e. The van der Waals surface area contributed by atoms with Gasteiger partial charge in [0.2, 0.25) is 5.91 Å². The van der Waals surface area contributed by atoms with E-state index in [2.05, 4.69) is 36.2 Å². The highest BCUT2D eigenvalue weighted by atomic mass is 16.6. The molecular formula is C25H41N3O3. The van der Waals surface area contributed by atoms with E-state index in [-0.39, 0.29) is 42.0 Å². The van der Waals surface area contributed by atoms with Crippen LogP contribution >= 0.6 is 0 Å². The molecule has 1 aromatic carbocycles. The van der Waals surface area contributed by atoms with Crippen molar-refractivity contribution in [3.8, 4) is 0 Å². The highest BCUT2D eigenvalue weighted by molar-refractivity contribution is 5.77. The number of likely N-dealkylation sites (tertiary alicyclic amines) is 1. The molecule has 31 heavy (non-hydrogen) atoms. The van der Waals surface area contributed by atoms with Gasteiger partial charge in [-0.2, -0.15) is 0 Å². The fourth-order valence-corrected chi connectivity index (χ4v) is 4.77. The molecule has 1 amide bonds. The second-order valence-electron chi connectivity index (χ2n) is 9.94. The molecule has 2 rings (SSSR count). The van der Waals surface area contributed by atoms with Gasteiger partial charge in [0.05, 0.1) is 0 Å². The Bertz CT molecular complexity index is 716. The van der Waals surface area contributed by atoms with Crippen LogP contribution in [0.25, 0.3) is 0 Å². The maximum atomic E-state index is 13.1. The quantitative estimate of drug-likeness (QED) is 0.586. The number of nitrogens with two attached hydrogens (primary N) is 1. The Morgan fingerprint density at radius 1 is 1.26 bits per heavy atom. The van der Waals surface area contributed by atoms with Gasteiger partial charge in [0, 0.05) is 31.6 Å². The standard InChI is InChI=1S/C25H41N3O3/c1-7-11-21(17(2)27-18(3)29)22(14-19-12-9-8-10-13-19)28-16-20(26)15-23(28)24(30)31-25(4,5)6/h8-10,12-13,17,20-23H,7,11,14-16,26H2,1-6H3,(H,27,29). The van der Waals surface area contributed by atoms with E-state index in [1.165, 1.54) is 5.56 Å². The summed E-state index contributed by atoms with van der Waals surface area (Å²) in [6.45, 7) is 12.1. The molecule has 1 heterocycles. The van der Waals surface area contributed by atoms with Crippen LogP contribution in [0.4, 0.5) is 0 Å². The normalized spacial score (nSPS) is 22.5. The molecule has 5 atom stereocenters. The molecule has 0 spiro atoms. The maximum Gasteiger partial charge on any atom is 0.323 e. The first kappa shape index (κ1) is 25.3. The van der Waals surface area contributed by atoms with Crippen LogP contribution in [0.1, 0.15) is 66.4 Å². The average molecular weight is 432 g/mol. The first-order valence-electron chi connectivity index (χ1n) is 11.6. The Balaban J connectivity index is 2.40. The molecular weight excluding hydrogens is 390 g/mol. The summed E-state index contributed by atoms with van der Waals surface area (Å²) in [7, 11) is 0. The lowest BCUT2D eigenvalue weighted by Gasteiger charge is -2.41. The van der Waals surface area contributed by atoms with E-state index in [1.807, 2.05) is 39.0 Å². The van der Waals surface area contributed by atoms with Crippen molar-refractivity contribution in [2.45, 2.75) is 97.0 Å². The minimum absolute atomic E-state index is 0.0118. The molecule has 6 heteroatoms. The smallest absolute Gasteiger partial charge is 0.323 e. The third-order valence-corrected chi connectivity index (χ3v) is 5.95. The topological polar surface area (TPSA) is 84.7 Å². The summed E-state index contributed by atoms with van der Waals surface area (Å²) in [6.07, 6.45) is 3.33. The molecule has 5 unspecified atom stereocenters. The summed E-state index contributed by atoms with van der Waals surface area (Å²) >= 11 is 0. The van der Waals surface area contributed by atoms with E-state index in [9.17, 15) is 9.59 Å². The molecule has 6 nitrogen and oxygen atoms in total. The Labute approximate surface area is 187 Å². The van der Waals surface area contributed by atoms with Gasteiger partial charge >= 0.3 is 5.97 Å². The molecule has 0 aromatic heterocycles. The first-order valence-corrected chi connectivity index (χ1v) is 11.6. The largest absolute Gasteiger partial charge is 0.459 e. The molecule has 174 valence electrons. The second-order valence-corrected chi connectivity index (χ2v) is 9.94. The van der Waals surface area contributed by atoms with Crippen molar-refractivity contribution in [1.82, 2.24) is 10.2 Å². The molecule has 1 aliphatic heterocycles. The maximum absolute atomic E-state index is 13.1. The van der Waals surface area contributed by atoms with Crippen LogP contribution in [0.5, 0.6) is 0 Å². The van der Waals surface area contributed by atoms with Crippen molar-refractivity contribution in [3.63, 3.8) is 0 Å². The lowest BCUT2D eigenvalue weighted by Crippen LogP contribution is -2.54. The van der Waals surface area contributed by atoms with Crippen molar-refractivity contribution in [2.24, 2.45) is 11.7 Å². The van der Waals surface area contributed by atoms with Gasteiger partial charge in [0.25, 0.3) is 0 Å². The lowest BCUT2D eigenvalue weighted by atomic mass is 9.83. The van der Waals surface area contributed by atoms with Gasteiger partial charge in [0.1, 0.15) is 11.6 Å². The number of hydrogen-bond donors (Lipinski definition) is 2. The van der Waals surface area contributed by atoms with Gasteiger partial charge in [0.15, 0.2) is 0 Å².